The summed E-state index contributed by atoms with van der Waals surface area (Å²) in [6.07, 6.45) is 0.0495. The van der Waals surface area contributed by atoms with Crippen molar-refractivity contribution in [2.24, 2.45) is 0 Å². The number of anilines is 1. The SMILES string of the molecule is C[C@H]1CN(CC(=O)Nc2ccc(F)cc2[N+](=O)[O-])C[C@H](C)O1. The molecule has 8 heteroatoms. The molecular weight excluding hydrogens is 293 g/mol. The number of rotatable bonds is 4. The average Bonchev–Trinajstić information content (AvgIpc) is 2.39. The molecule has 2 atom stereocenters. The quantitative estimate of drug-likeness (QED) is 0.677. The molecule has 0 saturated carbocycles. The topological polar surface area (TPSA) is 84.7 Å². The van der Waals surface area contributed by atoms with Crippen LogP contribution in [0.4, 0.5) is 15.8 Å². The van der Waals surface area contributed by atoms with Gasteiger partial charge in [-0.1, -0.05) is 0 Å². The number of ether oxygens (including phenoxy) is 1. The van der Waals surface area contributed by atoms with Gasteiger partial charge in [-0.05, 0) is 26.0 Å². The van der Waals surface area contributed by atoms with Crippen molar-refractivity contribution < 1.29 is 18.8 Å². The van der Waals surface area contributed by atoms with E-state index in [2.05, 4.69) is 5.32 Å². The first-order valence-electron chi connectivity index (χ1n) is 6.96. The predicted octanol–water partition coefficient (Wildman–Crippen LogP) is 1.78. The van der Waals surface area contributed by atoms with Crippen LogP contribution in [-0.2, 0) is 9.53 Å². The Bertz CT molecular complexity index is 571. The monoisotopic (exact) mass is 311 g/mol. The highest BCUT2D eigenvalue weighted by Crippen LogP contribution is 2.25. The van der Waals surface area contributed by atoms with Gasteiger partial charge >= 0.3 is 0 Å². The Morgan fingerprint density at radius 3 is 2.68 bits per heavy atom. The van der Waals surface area contributed by atoms with E-state index in [0.29, 0.717) is 13.1 Å². The first-order valence-corrected chi connectivity index (χ1v) is 6.96. The fourth-order valence-corrected chi connectivity index (χ4v) is 2.57. The third kappa shape index (κ3) is 4.22. The van der Waals surface area contributed by atoms with E-state index in [1.54, 1.807) is 0 Å². The third-order valence-electron chi connectivity index (χ3n) is 3.29. The largest absolute Gasteiger partial charge is 0.373 e. The lowest BCUT2D eigenvalue weighted by atomic mass is 10.2. The number of hydrogen-bond donors (Lipinski definition) is 1. The minimum atomic E-state index is -0.725. The van der Waals surface area contributed by atoms with Gasteiger partial charge in [0, 0.05) is 13.1 Å². The number of nitro groups is 1. The second-order valence-electron chi connectivity index (χ2n) is 5.42. The molecule has 0 aliphatic carbocycles. The zero-order chi connectivity index (χ0) is 16.3. The molecule has 0 radical (unpaired) electrons. The summed E-state index contributed by atoms with van der Waals surface area (Å²) in [5.74, 6) is -1.10. The number of carbonyl (C=O) groups excluding carboxylic acids is 1. The van der Waals surface area contributed by atoms with Crippen LogP contribution in [0.2, 0.25) is 0 Å². The van der Waals surface area contributed by atoms with Gasteiger partial charge in [-0.3, -0.25) is 19.8 Å². The summed E-state index contributed by atoms with van der Waals surface area (Å²) in [5, 5.41) is 13.4. The van der Waals surface area contributed by atoms with Crippen molar-refractivity contribution >= 4 is 17.3 Å². The van der Waals surface area contributed by atoms with E-state index in [1.165, 1.54) is 6.07 Å². The summed E-state index contributed by atoms with van der Waals surface area (Å²) in [6.45, 7) is 5.18. The van der Waals surface area contributed by atoms with Gasteiger partial charge in [-0.2, -0.15) is 0 Å². The first-order chi connectivity index (χ1) is 10.3. The molecule has 1 aliphatic heterocycles. The minimum absolute atomic E-state index is 0.00856. The van der Waals surface area contributed by atoms with Gasteiger partial charge in [-0.15, -0.1) is 0 Å². The van der Waals surface area contributed by atoms with Crippen molar-refractivity contribution in [3.8, 4) is 0 Å². The zero-order valence-electron chi connectivity index (χ0n) is 12.4. The Balaban J connectivity index is 2.02. The van der Waals surface area contributed by atoms with Gasteiger partial charge in [-0.25, -0.2) is 4.39 Å². The molecule has 1 N–H and O–H groups in total. The second kappa shape index (κ2) is 6.80. The highest BCUT2D eigenvalue weighted by Gasteiger charge is 2.24. The molecule has 7 nitrogen and oxygen atoms in total. The van der Waals surface area contributed by atoms with E-state index in [-0.39, 0.29) is 30.3 Å². The van der Waals surface area contributed by atoms with Crippen LogP contribution in [0.5, 0.6) is 0 Å². The number of halogens is 1. The number of carbonyl (C=O) groups is 1. The fraction of sp³-hybridized carbons (Fsp3) is 0.500. The fourth-order valence-electron chi connectivity index (χ4n) is 2.57. The summed E-state index contributed by atoms with van der Waals surface area (Å²) in [7, 11) is 0. The Morgan fingerprint density at radius 2 is 2.09 bits per heavy atom. The molecular formula is C14H18FN3O4. The van der Waals surface area contributed by atoms with Crippen molar-refractivity contribution in [3.05, 3.63) is 34.1 Å². The molecule has 0 bridgehead atoms. The van der Waals surface area contributed by atoms with Crippen LogP contribution < -0.4 is 5.32 Å². The highest BCUT2D eigenvalue weighted by molar-refractivity contribution is 5.94. The Labute approximate surface area is 127 Å². The van der Waals surface area contributed by atoms with E-state index >= 15 is 0 Å². The number of amides is 1. The number of benzene rings is 1. The molecule has 1 amide bonds. The van der Waals surface area contributed by atoms with Gasteiger partial charge in [0.05, 0.1) is 29.7 Å². The molecule has 1 aromatic rings. The lowest BCUT2D eigenvalue weighted by molar-refractivity contribution is -0.384. The maximum absolute atomic E-state index is 13.1. The number of morpholine rings is 1. The van der Waals surface area contributed by atoms with Crippen LogP contribution in [0.3, 0.4) is 0 Å². The molecule has 0 aromatic heterocycles. The smallest absolute Gasteiger partial charge is 0.295 e. The van der Waals surface area contributed by atoms with Gasteiger partial charge in [0.1, 0.15) is 11.5 Å². The molecule has 1 aliphatic rings. The van der Waals surface area contributed by atoms with Crippen LogP contribution in [0.15, 0.2) is 18.2 Å². The standard InChI is InChI=1S/C14H18FN3O4/c1-9-6-17(7-10(2)22-9)8-14(19)16-12-4-3-11(15)5-13(12)18(20)21/h3-5,9-10H,6-8H2,1-2H3,(H,16,19)/t9-,10-/m0/s1. The van der Waals surface area contributed by atoms with Crippen LogP contribution in [-0.4, -0.2) is 47.6 Å². The average molecular weight is 311 g/mol. The Kier molecular flexibility index (Phi) is 5.04. The van der Waals surface area contributed by atoms with E-state index in [4.69, 9.17) is 4.74 Å². The lowest BCUT2D eigenvalue weighted by Crippen LogP contribution is -2.48. The maximum atomic E-state index is 13.1. The van der Waals surface area contributed by atoms with E-state index in [9.17, 15) is 19.3 Å². The summed E-state index contributed by atoms with van der Waals surface area (Å²) in [4.78, 5) is 24.1. The number of nitrogens with one attached hydrogen (secondary N) is 1. The van der Waals surface area contributed by atoms with Crippen LogP contribution >= 0.6 is 0 Å². The number of nitro benzene ring substituents is 1. The van der Waals surface area contributed by atoms with Crippen LogP contribution in [0, 0.1) is 15.9 Å². The third-order valence-corrected chi connectivity index (χ3v) is 3.29. The molecule has 0 unspecified atom stereocenters. The molecule has 2 rings (SSSR count). The van der Waals surface area contributed by atoms with E-state index in [1.807, 2.05) is 18.7 Å². The predicted molar refractivity (Wildman–Crippen MR) is 78.1 cm³/mol. The molecule has 22 heavy (non-hydrogen) atoms. The highest BCUT2D eigenvalue weighted by atomic mass is 19.1. The van der Waals surface area contributed by atoms with Crippen LogP contribution in [0.25, 0.3) is 0 Å². The van der Waals surface area contributed by atoms with Crippen molar-refractivity contribution in [3.63, 3.8) is 0 Å². The molecule has 1 aromatic carbocycles. The number of hydrogen-bond acceptors (Lipinski definition) is 5. The minimum Gasteiger partial charge on any atom is -0.373 e. The summed E-state index contributed by atoms with van der Waals surface area (Å²) in [5.41, 5.74) is -0.470. The molecule has 1 fully saturated rings. The van der Waals surface area contributed by atoms with Crippen molar-refractivity contribution in [1.82, 2.24) is 4.90 Å². The van der Waals surface area contributed by atoms with Gasteiger partial charge in [0.2, 0.25) is 5.91 Å². The normalized spacial score (nSPS) is 22.3. The first kappa shape index (κ1) is 16.3. The van der Waals surface area contributed by atoms with Crippen molar-refractivity contribution in [1.29, 1.82) is 0 Å². The van der Waals surface area contributed by atoms with Crippen molar-refractivity contribution in [2.45, 2.75) is 26.1 Å². The Morgan fingerprint density at radius 1 is 1.45 bits per heavy atom. The lowest BCUT2D eigenvalue weighted by Gasteiger charge is -2.34. The van der Waals surface area contributed by atoms with Crippen LogP contribution in [0.1, 0.15) is 13.8 Å². The van der Waals surface area contributed by atoms with Gasteiger partial charge in [0.25, 0.3) is 5.69 Å². The maximum Gasteiger partial charge on any atom is 0.295 e. The summed E-state index contributed by atoms with van der Waals surface area (Å²) < 4.78 is 18.6. The Hall–Kier alpha value is -2.06. The van der Waals surface area contributed by atoms with E-state index in [0.717, 1.165) is 12.1 Å². The van der Waals surface area contributed by atoms with Gasteiger partial charge in [0.15, 0.2) is 0 Å². The van der Waals surface area contributed by atoms with Gasteiger partial charge < -0.3 is 10.1 Å². The summed E-state index contributed by atoms with van der Waals surface area (Å²) in [6, 6.07) is 3.05. The molecule has 1 heterocycles. The second-order valence-corrected chi connectivity index (χ2v) is 5.42. The zero-order valence-corrected chi connectivity index (χ0v) is 12.4. The molecule has 1 saturated heterocycles. The van der Waals surface area contributed by atoms with E-state index < -0.39 is 16.4 Å². The summed E-state index contributed by atoms with van der Waals surface area (Å²) >= 11 is 0. The van der Waals surface area contributed by atoms with Crippen molar-refractivity contribution in [2.75, 3.05) is 25.0 Å². The number of nitrogens with zero attached hydrogens (tertiary/aromatic N) is 2. The molecule has 0 spiro atoms. The molecule has 120 valence electrons.